The normalized spacial score (nSPS) is 12.4. The molecule has 8 nitrogen and oxygen atoms in total. The van der Waals surface area contributed by atoms with Crippen LogP contribution in [-0.2, 0) is 19.2 Å². The predicted molar refractivity (Wildman–Crippen MR) is 134 cm³/mol. The third-order valence-electron chi connectivity index (χ3n) is 4.95. The van der Waals surface area contributed by atoms with Crippen LogP contribution in [0.3, 0.4) is 0 Å². The highest BCUT2D eigenvalue weighted by molar-refractivity contribution is 9.12. The predicted octanol–water partition coefficient (Wildman–Crippen LogP) is 3.16. The van der Waals surface area contributed by atoms with Gasteiger partial charge in [0.05, 0.1) is 4.48 Å². The molecule has 1 rings (SSSR count). The van der Waals surface area contributed by atoms with Crippen LogP contribution in [-0.4, -0.2) is 42.3 Å². The van der Waals surface area contributed by atoms with Crippen LogP contribution < -0.4 is 21.3 Å². The molecule has 1 aromatic carbocycles. The molecule has 0 aliphatic heterocycles. The molecule has 33 heavy (non-hydrogen) atoms. The lowest BCUT2D eigenvalue weighted by molar-refractivity contribution is -0.131. The summed E-state index contributed by atoms with van der Waals surface area (Å²) in [5.74, 6) is -1.35. The highest BCUT2D eigenvalue weighted by atomic mass is 79.9. The standard InChI is InChI=1S/C24H35BrN4O4/c1-15(2)21(29-20(30)9-7-6-8-14-26-22(31)17(4)25)24(33)27-18(5)23(32)28-19-12-10-16(3)11-13-19/h10-13,15,18,21H,4,6-9,14H2,1-3,5H3,(H,26,31)(H,27,33)(H,28,32)(H,29,30)/t18-,21-/m0/s1. The molecule has 0 heterocycles. The minimum Gasteiger partial charge on any atom is -0.352 e. The minimum absolute atomic E-state index is 0.145. The van der Waals surface area contributed by atoms with Gasteiger partial charge in [-0.05, 0) is 60.7 Å². The van der Waals surface area contributed by atoms with Gasteiger partial charge in [-0.3, -0.25) is 19.2 Å². The molecule has 1 aromatic rings. The van der Waals surface area contributed by atoms with E-state index in [1.165, 1.54) is 0 Å². The van der Waals surface area contributed by atoms with E-state index in [1.807, 2.05) is 32.9 Å². The summed E-state index contributed by atoms with van der Waals surface area (Å²) in [7, 11) is 0. The Morgan fingerprint density at radius 3 is 2.15 bits per heavy atom. The van der Waals surface area contributed by atoms with Gasteiger partial charge in [0.1, 0.15) is 12.1 Å². The van der Waals surface area contributed by atoms with Crippen molar-refractivity contribution in [1.29, 1.82) is 0 Å². The topological polar surface area (TPSA) is 116 Å². The van der Waals surface area contributed by atoms with E-state index < -0.39 is 18.0 Å². The smallest absolute Gasteiger partial charge is 0.257 e. The van der Waals surface area contributed by atoms with Gasteiger partial charge in [-0.25, -0.2) is 0 Å². The molecule has 182 valence electrons. The van der Waals surface area contributed by atoms with E-state index in [0.717, 1.165) is 18.4 Å². The summed E-state index contributed by atoms with van der Waals surface area (Å²) in [4.78, 5) is 48.8. The summed E-state index contributed by atoms with van der Waals surface area (Å²) in [6.07, 6.45) is 2.41. The zero-order chi connectivity index (χ0) is 25.0. The fourth-order valence-electron chi connectivity index (χ4n) is 2.92. The molecule has 0 aromatic heterocycles. The fourth-order valence-corrected chi connectivity index (χ4v) is 3.06. The molecule has 9 heteroatoms. The van der Waals surface area contributed by atoms with Gasteiger partial charge in [-0.1, -0.05) is 44.5 Å². The van der Waals surface area contributed by atoms with Crippen LogP contribution >= 0.6 is 15.9 Å². The summed E-state index contributed by atoms with van der Waals surface area (Å²) in [5.41, 5.74) is 1.73. The van der Waals surface area contributed by atoms with E-state index in [9.17, 15) is 19.2 Å². The molecule has 0 aliphatic rings. The monoisotopic (exact) mass is 522 g/mol. The molecule has 2 atom stereocenters. The molecule has 0 unspecified atom stereocenters. The first-order valence-electron chi connectivity index (χ1n) is 11.1. The Morgan fingerprint density at radius 2 is 1.58 bits per heavy atom. The number of carbonyl (C=O) groups excluding carboxylic acids is 4. The molecule has 0 radical (unpaired) electrons. The van der Waals surface area contributed by atoms with Crippen molar-refractivity contribution in [3.63, 3.8) is 0 Å². The molecular weight excluding hydrogens is 488 g/mol. The van der Waals surface area contributed by atoms with Crippen molar-refractivity contribution in [3.8, 4) is 0 Å². The van der Waals surface area contributed by atoms with Crippen molar-refractivity contribution in [2.45, 2.75) is 65.5 Å². The number of rotatable bonds is 13. The maximum Gasteiger partial charge on any atom is 0.257 e. The quantitative estimate of drug-likeness (QED) is 0.235. The van der Waals surface area contributed by atoms with Crippen LogP contribution in [0.5, 0.6) is 0 Å². The van der Waals surface area contributed by atoms with Gasteiger partial charge in [0.15, 0.2) is 0 Å². The number of carbonyl (C=O) groups is 4. The number of anilines is 1. The Kier molecular flexibility index (Phi) is 12.4. The Balaban J connectivity index is 2.43. The highest BCUT2D eigenvalue weighted by Crippen LogP contribution is 2.10. The van der Waals surface area contributed by atoms with Gasteiger partial charge in [0.2, 0.25) is 17.7 Å². The molecule has 0 bridgehead atoms. The number of hydrogen-bond acceptors (Lipinski definition) is 4. The lowest BCUT2D eigenvalue weighted by atomic mass is 10.0. The average Bonchev–Trinajstić information content (AvgIpc) is 2.75. The summed E-state index contributed by atoms with van der Waals surface area (Å²) in [6, 6.07) is 5.87. The number of hydrogen-bond donors (Lipinski definition) is 4. The molecule has 4 N–H and O–H groups in total. The zero-order valence-electron chi connectivity index (χ0n) is 19.8. The maximum absolute atomic E-state index is 12.7. The minimum atomic E-state index is -0.761. The van der Waals surface area contributed by atoms with E-state index >= 15 is 0 Å². The fraction of sp³-hybridized carbons (Fsp3) is 0.500. The Hall–Kier alpha value is -2.68. The van der Waals surface area contributed by atoms with E-state index in [1.54, 1.807) is 19.1 Å². The first-order chi connectivity index (χ1) is 15.5. The van der Waals surface area contributed by atoms with E-state index in [0.29, 0.717) is 18.7 Å². The first-order valence-corrected chi connectivity index (χ1v) is 11.9. The third-order valence-corrected chi connectivity index (χ3v) is 5.31. The average molecular weight is 523 g/mol. The van der Waals surface area contributed by atoms with Crippen molar-refractivity contribution in [2.24, 2.45) is 5.92 Å². The molecule has 0 fully saturated rings. The zero-order valence-corrected chi connectivity index (χ0v) is 21.4. The van der Waals surface area contributed by atoms with Crippen LogP contribution in [0.2, 0.25) is 0 Å². The van der Waals surface area contributed by atoms with Crippen LogP contribution in [0.25, 0.3) is 0 Å². The van der Waals surface area contributed by atoms with Gasteiger partial charge >= 0.3 is 0 Å². The molecule has 4 amide bonds. The molecule has 0 aliphatic carbocycles. The van der Waals surface area contributed by atoms with Crippen LogP contribution in [0.1, 0.15) is 52.0 Å². The van der Waals surface area contributed by atoms with Crippen LogP contribution in [0, 0.1) is 12.8 Å². The van der Waals surface area contributed by atoms with E-state index in [4.69, 9.17) is 0 Å². The van der Waals surface area contributed by atoms with E-state index in [-0.39, 0.29) is 34.5 Å². The van der Waals surface area contributed by atoms with Gasteiger partial charge in [0.25, 0.3) is 5.91 Å². The van der Waals surface area contributed by atoms with Gasteiger partial charge in [-0.2, -0.15) is 0 Å². The van der Waals surface area contributed by atoms with Crippen molar-refractivity contribution in [3.05, 3.63) is 40.9 Å². The van der Waals surface area contributed by atoms with Gasteiger partial charge < -0.3 is 21.3 Å². The summed E-state index contributed by atoms with van der Waals surface area (Å²) in [5, 5.41) is 10.9. The molecular formula is C24H35BrN4O4. The number of benzene rings is 1. The van der Waals surface area contributed by atoms with Crippen molar-refractivity contribution in [1.82, 2.24) is 16.0 Å². The SMILES string of the molecule is C=C(Br)C(=O)NCCCCCC(=O)N[C@H](C(=O)N[C@@H](C)C(=O)Nc1ccc(C)cc1)C(C)C. The lowest BCUT2D eigenvalue weighted by Gasteiger charge is -2.24. The second-order valence-corrected chi connectivity index (χ2v) is 9.30. The van der Waals surface area contributed by atoms with Gasteiger partial charge in [0, 0.05) is 18.7 Å². The Morgan fingerprint density at radius 1 is 0.939 bits per heavy atom. The van der Waals surface area contributed by atoms with Crippen LogP contribution in [0.15, 0.2) is 35.3 Å². The summed E-state index contributed by atoms with van der Waals surface area (Å²) < 4.78 is 0.279. The second kappa shape index (κ2) is 14.5. The number of amides is 4. The van der Waals surface area contributed by atoms with Crippen molar-refractivity contribution < 1.29 is 19.2 Å². The maximum atomic E-state index is 12.7. The molecule has 0 spiro atoms. The number of halogens is 1. The van der Waals surface area contributed by atoms with Crippen molar-refractivity contribution >= 4 is 45.2 Å². The largest absolute Gasteiger partial charge is 0.352 e. The second-order valence-electron chi connectivity index (χ2n) is 8.35. The third kappa shape index (κ3) is 11.1. The molecule has 0 saturated heterocycles. The molecule has 0 saturated carbocycles. The number of unbranched alkanes of at least 4 members (excludes halogenated alkanes) is 2. The number of nitrogens with one attached hydrogen (secondary N) is 4. The first kappa shape index (κ1) is 28.4. The lowest BCUT2D eigenvalue weighted by Crippen LogP contribution is -2.53. The van der Waals surface area contributed by atoms with E-state index in [2.05, 4.69) is 43.8 Å². The summed E-state index contributed by atoms with van der Waals surface area (Å²) >= 11 is 3.01. The van der Waals surface area contributed by atoms with Gasteiger partial charge in [-0.15, -0.1) is 0 Å². The summed E-state index contributed by atoms with van der Waals surface area (Å²) in [6.45, 7) is 11.2. The number of aryl methyl sites for hydroxylation is 1. The Labute approximate surface area is 204 Å². The van der Waals surface area contributed by atoms with Crippen molar-refractivity contribution in [2.75, 3.05) is 11.9 Å². The highest BCUT2D eigenvalue weighted by Gasteiger charge is 2.26. The van der Waals surface area contributed by atoms with Crippen LogP contribution in [0.4, 0.5) is 5.69 Å². The Bertz CT molecular complexity index is 839.